The number of nitrogens with two attached hydrogens (primary N) is 1. The van der Waals surface area contributed by atoms with Crippen LogP contribution in [0.2, 0.25) is 0 Å². The highest BCUT2D eigenvalue weighted by Gasteiger charge is 2.31. The van der Waals surface area contributed by atoms with Gasteiger partial charge in [-0.2, -0.15) is 0 Å². The van der Waals surface area contributed by atoms with Crippen LogP contribution in [0.1, 0.15) is 30.1 Å². The average molecular weight is 298 g/mol. The van der Waals surface area contributed by atoms with Gasteiger partial charge in [0, 0.05) is 42.8 Å². The van der Waals surface area contributed by atoms with Crippen LogP contribution in [-0.4, -0.2) is 39.5 Å². The highest BCUT2D eigenvalue weighted by atomic mass is 16.2. The van der Waals surface area contributed by atoms with Crippen molar-refractivity contribution in [2.24, 2.45) is 11.7 Å². The molecule has 2 N–H and O–H groups in total. The third-order valence-electron chi connectivity index (χ3n) is 4.51. The number of aromatic nitrogens is 2. The van der Waals surface area contributed by atoms with E-state index in [-0.39, 0.29) is 11.9 Å². The van der Waals surface area contributed by atoms with Gasteiger partial charge < -0.3 is 15.2 Å². The van der Waals surface area contributed by atoms with Crippen LogP contribution < -0.4 is 5.73 Å². The van der Waals surface area contributed by atoms with Gasteiger partial charge in [-0.3, -0.25) is 4.79 Å². The molecule has 1 fully saturated rings. The second-order valence-corrected chi connectivity index (χ2v) is 5.94. The van der Waals surface area contributed by atoms with Gasteiger partial charge in [0.05, 0.1) is 6.33 Å². The summed E-state index contributed by atoms with van der Waals surface area (Å²) >= 11 is 0. The fourth-order valence-corrected chi connectivity index (χ4v) is 3.24. The summed E-state index contributed by atoms with van der Waals surface area (Å²) < 4.78 is 1.90. The molecule has 1 aliphatic heterocycles. The first-order valence-corrected chi connectivity index (χ1v) is 7.80. The zero-order chi connectivity index (χ0) is 15.5. The molecule has 5 heteroatoms. The minimum Gasteiger partial charge on any atom is -0.334 e. The molecule has 0 bridgehead atoms. The third-order valence-corrected chi connectivity index (χ3v) is 4.51. The minimum absolute atomic E-state index is 0.0731. The molecule has 0 radical (unpaired) electrons. The van der Waals surface area contributed by atoms with Gasteiger partial charge in [0.25, 0.3) is 5.91 Å². The van der Waals surface area contributed by atoms with Gasteiger partial charge in [-0.25, -0.2) is 4.98 Å². The number of carbonyl (C=O) groups is 1. The number of likely N-dealkylation sites (tertiary alicyclic amines) is 1. The van der Waals surface area contributed by atoms with Crippen molar-refractivity contribution in [1.82, 2.24) is 14.5 Å². The van der Waals surface area contributed by atoms with E-state index in [1.165, 1.54) is 0 Å². The first-order chi connectivity index (χ1) is 10.7. The molecule has 1 saturated heterocycles. The monoisotopic (exact) mass is 298 g/mol. The number of imidazole rings is 1. The summed E-state index contributed by atoms with van der Waals surface area (Å²) in [6.07, 6.45) is 7.51. The number of amides is 1. The molecule has 2 heterocycles. The topological polar surface area (TPSA) is 64.2 Å². The number of hydrogen-bond acceptors (Lipinski definition) is 3. The normalized spacial score (nSPS) is 21.8. The Bertz CT molecular complexity index is 638. The minimum atomic E-state index is 0.0731. The van der Waals surface area contributed by atoms with E-state index in [9.17, 15) is 4.79 Å². The van der Waals surface area contributed by atoms with E-state index in [4.69, 9.17) is 5.73 Å². The maximum atomic E-state index is 12.9. The predicted octanol–water partition coefficient (Wildman–Crippen LogP) is 2.07. The second kappa shape index (κ2) is 6.32. The molecule has 5 nitrogen and oxygen atoms in total. The van der Waals surface area contributed by atoms with Crippen LogP contribution in [0.5, 0.6) is 0 Å². The third kappa shape index (κ3) is 2.76. The molecular formula is C17H22N4O. The largest absolute Gasteiger partial charge is 0.334 e. The zero-order valence-electron chi connectivity index (χ0n) is 12.9. The Morgan fingerprint density at radius 2 is 2.32 bits per heavy atom. The zero-order valence-corrected chi connectivity index (χ0v) is 12.9. The lowest BCUT2D eigenvalue weighted by atomic mass is 9.90. The SMILES string of the molecule is CC1CCCN(C(=O)c2cccc(-n3ccnc3)c2)C1CN. The highest BCUT2D eigenvalue weighted by molar-refractivity contribution is 5.95. The lowest BCUT2D eigenvalue weighted by Crippen LogP contribution is -2.51. The number of nitrogens with zero attached hydrogens (tertiary/aromatic N) is 3. The van der Waals surface area contributed by atoms with E-state index in [0.717, 1.165) is 25.1 Å². The van der Waals surface area contributed by atoms with Gasteiger partial charge in [-0.05, 0) is 37.0 Å². The van der Waals surface area contributed by atoms with Crippen molar-refractivity contribution < 1.29 is 4.79 Å². The maximum Gasteiger partial charge on any atom is 0.254 e. The molecule has 22 heavy (non-hydrogen) atoms. The molecule has 1 aromatic carbocycles. The summed E-state index contributed by atoms with van der Waals surface area (Å²) in [5.41, 5.74) is 7.55. The van der Waals surface area contributed by atoms with E-state index in [1.807, 2.05) is 39.9 Å². The number of carbonyl (C=O) groups excluding carboxylic acids is 1. The molecule has 1 amide bonds. The second-order valence-electron chi connectivity index (χ2n) is 5.94. The number of benzene rings is 1. The summed E-state index contributed by atoms with van der Waals surface area (Å²) in [6, 6.07) is 7.80. The van der Waals surface area contributed by atoms with Gasteiger partial charge in [0.15, 0.2) is 0 Å². The van der Waals surface area contributed by atoms with Crippen LogP contribution in [0.4, 0.5) is 0 Å². The van der Waals surface area contributed by atoms with Crippen LogP contribution in [0.25, 0.3) is 5.69 Å². The number of hydrogen-bond donors (Lipinski definition) is 1. The lowest BCUT2D eigenvalue weighted by molar-refractivity contribution is 0.0532. The van der Waals surface area contributed by atoms with Gasteiger partial charge >= 0.3 is 0 Å². The molecule has 1 aliphatic rings. The predicted molar refractivity (Wildman–Crippen MR) is 85.8 cm³/mol. The Morgan fingerprint density at radius 1 is 1.45 bits per heavy atom. The van der Waals surface area contributed by atoms with Crippen LogP contribution in [0, 0.1) is 5.92 Å². The standard InChI is InChI=1S/C17H22N4O/c1-13-4-3-8-21(16(13)11-18)17(22)14-5-2-6-15(10-14)20-9-7-19-12-20/h2,5-7,9-10,12-13,16H,3-4,8,11,18H2,1H3. The van der Waals surface area contributed by atoms with Crippen molar-refractivity contribution in [3.63, 3.8) is 0 Å². The van der Waals surface area contributed by atoms with Crippen molar-refractivity contribution in [2.75, 3.05) is 13.1 Å². The first kappa shape index (κ1) is 14.8. The summed E-state index contributed by atoms with van der Waals surface area (Å²) in [4.78, 5) is 18.9. The fourth-order valence-electron chi connectivity index (χ4n) is 3.24. The van der Waals surface area contributed by atoms with E-state index in [2.05, 4.69) is 11.9 Å². The van der Waals surface area contributed by atoms with Crippen LogP contribution in [0.3, 0.4) is 0 Å². The summed E-state index contributed by atoms with van der Waals surface area (Å²) in [5.74, 6) is 0.531. The molecule has 2 aromatic rings. The molecule has 2 atom stereocenters. The number of piperidine rings is 1. The van der Waals surface area contributed by atoms with Crippen molar-refractivity contribution in [3.05, 3.63) is 48.5 Å². The summed E-state index contributed by atoms with van der Waals surface area (Å²) in [5, 5.41) is 0. The Labute approximate surface area is 130 Å². The van der Waals surface area contributed by atoms with E-state index >= 15 is 0 Å². The fraction of sp³-hybridized carbons (Fsp3) is 0.412. The highest BCUT2D eigenvalue weighted by Crippen LogP contribution is 2.24. The summed E-state index contributed by atoms with van der Waals surface area (Å²) in [6.45, 7) is 3.49. The Morgan fingerprint density at radius 3 is 3.05 bits per heavy atom. The van der Waals surface area contributed by atoms with Crippen LogP contribution in [0.15, 0.2) is 43.0 Å². The van der Waals surface area contributed by atoms with Gasteiger partial charge in [0.1, 0.15) is 0 Å². The van der Waals surface area contributed by atoms with Gasteiger partial charge in [-0.1, -0.05) is 13.0 Å². The molecule has 1 aromatic heterocycles. The molecule has 0 saturated carbocycles. The Balaban J connectivity index is 1.87. The van der Waals surface area contributed by atoms with Crippen LogP contribution in [-0.2, 0) is 0 Å². The lowest BCUT2D eigenvalue weighted by Gasteiger charge is -2.39. The van der Waals surface area contributed by atoms with E-state index in [0.29, 0.717) is 18.0 Å². The molecule has 3 rings (SSSR count). The van der Waals surface area contributed by atoms with E-state index in [1.54, 1.807) is 12.5 Å². The molecule has 116 valence electrons. The maximum absolute atomic E-state index is 12.9. The molecular weight excluding hydrogens is 276 g/mol. The Kier molecular flexibility index (Phi) is 4.24. The van der Waals surface area contributed by atoms with Crippen LogP contribution >= 0.6 is 0 Å². The number of rotatable bonds is 3. The Hall–Kier alpha value is -2.14. The van der Waals surface area contributed by atoms with Gasteiger partial charge in [0.2, 0.25) is 0 Å². The molecule has 2 unspecified atom stereocenters. The van der Waals surface area contributed by atoms with E-state index < -0.39 is 0 Å². The van der Waals surface area contributed by atoms with Crippen molar-refractivity contribution in [3.8, 4) is 5.69 Å². The van der Waals surface area contributed by atoms with Crippen molar-refractivity contribution >= 4 is 5.91 Å². The molecule has 0 aliphatic carbocycles. The van der Waals surface area contributed by atoms with Gasteiger partial charge in [-0.15, -0.1) is 0 Å². The quantitative estimate of drug-likeness (QED) is 0.943. The van der Waals surface area contributed by atoms with Crippen molar-refractivity contribution in [1.29, 1.82) is 0 Å². The average Bonchev–Trinajstić information content (AvgIpc) is 3.08. The molecule has 0 spiro atoms. The summed E-state index contributed by atoms with van der Waals surface area (Å²) in [7, 11) is 0. The van der Waals surface area contributed by atoms with Crippen molar-refractivity contribution in [2.45, 2.75) is 25.8 Å². The first-order valence-electron chi connectivity index (χ1n) is 7.80. The smallest absolute Gasteiger partial charge is 0.254 e.